The van der Waals surface area contributed by atoms with Crippen LogP contribution in [0.4, 0.5) is 14.5 Å². The van der Waals surface area contributed by atoms with E-state index in [-0.39, 0.29) is 23.6 Å². The highest BCUT2D eigenvalue weighted by molar-refractivity contribution is 7.09. The fourth-order valence-corrected chi connectivity index (χ4v) is 2.77. The lowest BCUT2D eigenvalue weighted by molar-refractivity contribution is -0.386. The number of halogens is 2. The number of carbonyl (C=O) groups excluding carboxylic acids is 1. The molecular weight excluding hydrogens is 390 g/mol. The van der Waals surface area contributed by atoms with Gasteiger partial charge in [-0.1, -0.05) is 0 Å². The number of benzene rings is 1. The average Bonchev–Trinajstić information content (AvgIpc) is 3.08. The molecule has 0 bridgehead atoms. The number of nitrogens with zero attached hydrogens (tertiary/aromatic N) is 2. The van der Waals surface area contributed by atoms with Crippen molar-refractivity contribution in [3.63, 3.8) is 0 Å². The van der Waals surface area contributed by atoms with Crippen molar-refractivity contribution in [3.8, 4) is 11.5 Å². The van der Waals surface area contributed by atoms with Crippen molar-refractivity contribution in [1.29, 1.82) is 0 Å². The number of alkyl halides is 2. The number of esters is 1. The number of hydrogen-bond acceptors (Lipinski definition) is 9. The molecule has 12 heteroatoms. The number of hydrogen-bond donors (Lipinski definition) is 0. The monoisotopic (exact) mass is 404 g/mol. The first-order chi connectivity index (χ1) is 12.8. The molecule has 0 aliphatic heterocycles. The summed E-state index contributed by atoms with van der Waals surface area (Å²) in [5.41, 5.74) is -0.587. The van der Waals surface area contributed by atoms with Crippen LogP contribution in [-0.4, -0.2) is 36.7 Å². The van der Waals surface area contributed by atoms with E-state index >= 15 is 0 Å². The van der Waals surface area contributed by atoms with Crippen molar-refractivity contribution >= 4 is 23.0 Å². The van der Waals surface area contributed by atoms with Gasteiger partial charge in [0.05, 0.1) is 30.3 Å². The molecule has 9 nitrogen and oxygen atoms in total. The quantitative estimate of drug-likeness (QED) is 0.356. The molecule has 2 aromatic rings. The maximum atomic E-state index is 12.4. The fourth-order valence-electron chi connectivity index (χ4n) is 2.04. The molecule has 0 aliphatic carbocycles. The SMILES string of the molecule is COCc1nc(C(=O)OCc2cc(OC)c(OC(F)F)cc2[N+](=O)[O-])cs1. The highest BCUT2D eigenvalue weighted by Gasteiger charge is 2.23. The minimum absolute atomic E-state index is 0.0271. The molecule has 0 atom stereocenters. The summed E-state index contributed by atoms with van der Waals surface area (Å²) in [6.07, 6.45) is 0. The standard InChI is InChI=1S/C15H14F2N2O7S/c1-23-6-13-18-9(7-27-13)14(20)25-5-8-3-11(24-2)12(26-15(16)17)4-10(8)19(21)22/h3-4,7,15H,5-6H2,1-2H3. The van der Waals surface area contributed by atoms with Crippen LogP contribution in [0.5, 0.6) is 11.5 Å². The van der Waals surface area contributed by atoms with Crippen LogP contribution in [0.25, 0.3) is 0 Å². The van der Waals surface area contributed by atoms with Crippen LogP contribution >= 0.6 is 11.3 Å². The van der Waals surface area contributed by atoms with Gasteiger partial charge >= 0.3 is 12.6 Å². The smallest absolute Gasteiger partial charge is 0.387 e. The molecule has 1 heterocycles. The topological polar surface area (TPSA) is 110 Å². The average molecular weight is 404 g/mol. The number of nitro benzene ring substituents is 1. The van der Waals surface area contributed by atoms with Gasteiger partial charge in [0.2, 0.25) is 0 Å². The molecule has 27 heavy (non-hydrogen) atoms. The number of thiazole rings is 1. The first-order valence-corrected chi connectivity index (χ1v) is 8.14. The third-order valence-corrected chi connectivity index (χ3v) is 3.99. The highest BCUT2D eigenvalue weighted by atomic mass is 32.1. The molecule has 0 radical (unpaired) electrons. The van der Waals surface area contributed by atoms with Gasteiger partial charge in [-0.05, 0) is 6.07 Å². The zero-order chi connectivity index (χ0) is 20.0. The molecule has 146 valence electrons. The fraction of sp³-hybridized carbons (Fsp3) is 0.333. The predicted octanol–water partition coefficient (Wildman–Crippen LogP) is 3.16. The van der Waals surface area contributed by atoms with Gasteiger partial charge in [-0.3, -0.25) is 10.1 Å². The molecule has 0 amide bonds. The third kappa shape index (κ3) is 5.31. The Balaban J connectivity index is 2.20. The van der Waals surface area contributed by atoms with Crippen molar-refractivity contribution in [3.05, 3.63) is 43.9 Å². The van der Waals surface area contributed by atoms with E-state index in [9.17, 15) is 23.7 Å². The maximum Gasteiger partial charge on any atom is 0.387 e. The lowest BCUT2D eigenvalue weighted by atomic mass is 10.1. The van der Waals surface area contributed by atoms with E-state index in [4.69, 9.17) is 14.2 Å². The maximum absolute atomic E-state index is 12.4. The van der Waals surface area contributed by atoms with Gasteiger partial charge in [0.15, 0.2) is 17.2 Å². The number of rotatable bonds is 9. The summed E-state index contributed by atoms with van der Waals surface area (Å²) in [6, 6.07) is 1.88. The second kappa shape index (κ2) is 9.19. The summed E-state index contributed by atoms with van der Waals surface area (Å²) in [6.45, 7) is -3.45. The summed E-state index contributed by atoms with van der Waals surface area (Å²) in [5, 5.41) is 13.2. The summed E-state index contributed by atoms with van der Waals surface area (Å²) in [7, 11) is 2.66. The molecule has 0 aliphatic rings. The Hall–Kier alpha value is -2.86. The number of methoxy groups -OCH3 is 2. The van der Waals surface area contributed by atoms with E-state index < -0.39 is 35.5 Å². The Bertz CT molecular complexity index is 828. The number of carbonyl (C=O) groups is 1. The van der Waals surface area contributed by atoms with Gasteiger partial charge in [0.25, 0.3) is 5.69 Å². The van der Waals surface area contributed by atoms with Gasteiger partial charge in [0, 0.05) is 12.5 Å². The van der Waals surface area contributed by atoms with Crippen LogP contribution in [0.2, 0.25) is 0 Å². The van der Waals surface area contributed by atoms with Crippen LogP contribution < -0.4 is 9.47 Å². The molecule has 0 unspecified atom stereocenters. The van der Waals surface area contributed by atoms with E-state index in [1.807, 2.05) is 0 Å². The lowest BCUT2D eigenvalue weighted by Gasteiger charge is -2.12. The van der Waals surface area contributed by atoms with E-state index in [1.54, 1.807) is 0 Å². The van der Waals surface area contributed by atoms with E-state index in [0.29, 0.717) is 5.01 Å². The molecule has 0 spiro atoms. The van der Waals surface area contributed by atoms with Gasteiger partial charge in [-0.15, -0.1) is 11.3 Å². The van der Waals surface area contributed by atoms with Crippen LogP contribution in [0.3, 0.4) is 0 Å². The first kappa shape index (κ1) is 20.5. The number of nitro groups is 1. The minimum atomic E-state index is -3.19. The molecule has 2 rings (SSSR count). The van der Waals surface area contributed by atoms with Crippen LogP contribution in [0.15, 0.2) is 17.5 Å². The van der Waals surface area contributed by atoms with Crippen molar-refractivity contribution < 1.29 is 37.4 Å². The van der Waals surface area contributed by atoms with Crippen LogP contribution in [0.1, 0.15) is 21.1 Å². The van der Waals surface area contributed by atoms with Crippen LogP contribution in [0, 0.1) is 10.1 Å². The second-order valence-electron chi connectivity index (χ2n) is 4.90. The van der Waals surface area contributed by atoms with Gasteiger partial charge < -0.3 is 18.9 Å². The molecule has 1 aromatic heterocycles. The zero-order valence-electron chi connectivity index (χ0n) is 14.1. The van der Waals surface area contributed by atoms with Crippen molar-refractivity contribution in [2.24, 2.45) is 0 Å². The van der Waals surface area contributed by atoms with Crippen molar-refractivity contribution in [1.82, 2.24) is 4.98 Å². The second-order valence-corrected chi connectivity index (χ2v) is 5.85. The van der Waals surface area contributed by atoms with Crippen LogP contribution in [-0.2, 0) is 22.7 Å². The largest absolute Gasteiger partial charge is 0.493 e. The van der Waals surface area contributed by atoms with Crippen molar-refractivity contribution in [2.45, 2.75) is 19.8 Å². The summed E-state index contributed by atoms with van der Waals surface area (Å²) < 4.78 is 43.9. The third-order valence-electron chi connectivity index (χ3n) is 3.17. The summed E-state index contributed by atoms with van der Waals surface area (Å²) in [4.78, 5) is 26.4. The van der Waals surface area contributed by atoms with Gasteiger partial charge in [-0.25, -0.2) is 9.78 Å². The Morgan fingerprint density at radius 3 is 2.63 bits per heavy atom. The predicted molar refractivity (Wildman–Crippen MR) is 88.2 cm³/mol. The summed E-state index contributed by atoms with van der Waals surface area (Å²) in [5.74, 6) is -1.46. The number of aromatic nitrogens is 1. The normalized spacial score (nSPS) is 10.7. The minimum Gasteiger partial charge on any atom is -0.493 e. The van der Waals surface area contributed by atoms with Crippen molar-refractivity contribution in [2.75, 3.05) is 14.2 Å². The number of ether oxygens (including phenoxy) is 4. The van der Waals surface area contributed by atoms with E-state index in [0.717, 1.165) is 12.1 Å². The van der Waals surface area contributed by atoms with Gasteiger partial charge in [-0.2, -0.15) is 8.78 Å². The molecular formula is C15H14F2N2O7S. The molecule has 0 N–H and O–H groups in total. The highest BCUT2D eigenvalue weighted by Crippen LogP contribution is 2.36. The summed E-state index contributed by atoms with van der Waals surface area (Å²) >= 11 is 1.19. The van der Waals surface area contributed by atoms with E-state index in [1.165, 1.54) is 30.9 Å². The molecule has 0 fully saturated rings. The molecule has 0 saturated heterocycles. The van der Waals surface area contributed by atoms with Gasteiger partial charge in [0.1, 0.15) is 11.6 Å². The van der Waals surface area contributed by atoms with E-state index in [2.05, 4.69) is 9.72 Å². The Labute approximate surface area is 155 Å². The molecule has 0 saturated carbocycles. The molecule has 1 aromatic carbocycles. The lowest BCUT2D eigenvalue weighted by Crippen LogP contribution is -2.09. The Kier molecular flexibility index (Phi) is 6.96. The Morgan fingerprint density at radius 1 is 1.30 bits per heavy atom. The zero-order valence-corrected chi connectivity index (χ0v) is 15.0. The first-order valence-electron chi connectivity index (χ1n) is 7.26. The Morgan fingerprint density at radius 2 is 2.04 bits per heavy atom.